The second kappa shape index (κ2) is 15.0. The van der Waals surface area contributed by atoms with Crippen LogP contribution in [0, 0.1) is 11.6 Å². The average molecular weight is 692 g/mol. The van der Waals surface area contributed by atoms with Gasteiger partial charge >= 0.3 is 12.1 Å². The van der Waals surface area contributed by atoms with Crippen molar-refractivity contribution in [1.82, 2.24) is 24.9 Å². The number of hydrogen-bond donors (Lipinski definition) is 2. The number of alkyl halides is 3. The lowest BCUT2D eigenvalue weighted by molar-refractivity contribution is -0.148. The van der Waals surface area contributed by atoms with Crippen LogP contribution in [0.4, 0.5) is 22.0 Å². The van der Waals surface area contributed by atoms with Gasteiger partial charge in [-0.25, -0.2) is 28.2 Å². The van der Waals surface area contributed by atoms with Crippen molar-refractivity contribution < 1.29 is 55.7 Å². The Hall–Kier alpha value is -5.00. The highest BCUT2D eigenvalue weighted by Gasteiger charge is 2.48. The Balaban J connectivity index is 1.58. The molecular formula is C32H30F5N5O7. The van der Waals surface area contributed by atoms with Gasteiger partial charge in [-0.2, -0.15) is 18.3 Å². The van der Waals surface area contributed by atoms with E-state index in [1.807, 2.05) is 0 Å². The summed E-state index contributed by atoms with van der Waals surface area (Å²) in [7, 11) is 0. The van der Waals surface area contributed by atoms with Crippen molar-refractivity contribution in [1.29, 1.82) is 0 Å². The van der Waals surface area contributed by atoms with E-state index in [1.54, 1.807) is 6.92 Å². The quantitative estimate of drug-likeness (QED) is 0.101. The summed E-state index contributed by atoms with van der Waals surface area (Å²) in [4.78, 5) is 21.6. The van der Waals surface area contributed by atoms with Gasteiger partial charge in [0.05, 0.1) is 63.2 Å². The highest BCUT2D eigenvalue weighted by molar-refractivity contribution is 5.81. The van der Waals surface area contributed by atoms with E-state index in [1.165, 1.54) is 24.4 Å². The minimum absolute atomic E-state index is 0.0111. The van der Waals surface area contributed by atoms with Crippen LogP contribution in [0.25, 0.3) is 34.0 Å². The van der Waals surface area contributed by atoms with Gasteiger partial charge in [-0.05, 0) is 36.8 Å². The highest BCUT2D eigenvalue weighted by Crippen LogP contribution is 2.41. The first-order chi connectivity index (χ1) is 23.5. The molecule has 2 aromatic carbocycles. The number of hydrogen-bond acceptors (Lipinski definition) is 10. The number of ether oxygens (including phenoxy) is 3. The first-order valence-corrected chi connectivity index (χ1v) is 15.0. The van der Waals surface area contributed by atoms with Gasteiger partial charge in [0.25, 0.3) is 0 Å². The molecule has 2 aliphatic rings. The molecule has 1 atom stereocenters. The lowest BCUT2D eigenvalue weighted by Crippen LogP contribution is -2.45. The van der Waals surface area contributed by atoms with Crippen LogP contribution >= 0.6 is 0 Å². The van der Waals surface area contributed by atoms with Gasteiger partial charge in [0, 0.05) is 18.1 Å². The zero-order chi connectivity index (χ0) is 35.2. The zero-order valence-electron chi connectivity index (χ0n) is 25.9. The number of nitrogens with zero attached hydrogens (tertiary/aromatic N) is 5. The molecule has 2 N–H and O–H groups in total. The van der Waals surface area contributed by atoms with E-state index >= 15 is 0 Å². The van der Waals surface area contributed by atoms with E-state index in [9.17, 15) is 31.9 Å². The molecule has 0 amide bonds. The number of aliphatic carboxylic acids is 1. The Morgan fingerprint density at radius 3 is 2.41 bits per heavy atom. The molecule has 2 aliphatic heterocycles. The molecule has 0 fully saturated rings. The number of halogens is 5. The number of fused-ring (bicyclic) bond motifs is 1. The smallest absolute Gasteiger partial charge is 0.417 e. The number of imidazole rings is 1. The van der Waals surface area contributed by atoms with Gasteiger partial charge in [-0.3, -0.25) is 0 Å². The van der Waals surface area contributed by atoms with Crippen LogP contribution in [0.5, 0.6) is 5.75 Å². The van der Waals surface area contributed by atoms with E-state index in [-0.39, 0.29) is 85.8 Å². The topological polar surface area (TPSA) is 155 Å². The van der Waals surface area contributed by atoms with Crippen LogP contribution in [0.1, 0.15) is 31.1 Å². The lowest BCUT2D eigenvalue weighted by Gasteiger charge is -2.28. The van der Waals surface area contributed by atoms with Crippen LogP contribution in [-0.2, 0) is 26.0 Å². The summed E-state index contributed by atoms with van der Waals surface area (Å²) in [5.74, 6) is -4.44. The maximum absolute atomic E-state index is 14.5. The second-order valence-corrected chi connectivity index (χ2v) is 10.6. The van der Waals surface area contributed by atoms with Crippen LogP contribution in [-0.4, -0.2) is 80.7 Å². The van der Waals surface area contributed by atoms with Gasteiger partial charge in [0.2, 0.25) is 5.54 Å². The fraction of sp³-hybridized carbons (Fsp3) is 0.344. The fourth-order valence-electron chi connectivity index (χ4n) is 4.98. The van der Waals surface area contributed by atoms with Gasteiger partial charge in [0.1, 0.15) is 22.8 Å². The summed E-state index contributed by atoms with van der Waals surface area (Å²) in [5.41, 5.74) is -4.13. The molecule has 3 heterocycles. The number of aromatic nitrogens is 5. The molecule has 0 spiro atoms. The number of carboxylic acid groups (broad SMARTS) is 1. The fourth-order valence-corrected chi connectivity index (χ4v) is 4.98. The summed E-state index contributed by atoms with van der Waals surface area (Å²) in [6, 6.07) is 7.85. The van der Waals surface area contributed by atoms with Gasteiger partial charge < -0.3 is 28.9 Å². The Labute approximate surface area is 275 Å². The molecule has 5 rings (SSSR count). The van der Waals surface area contributed by atoms with Crippen molar-refractivity contribution in [3.63, 3.8) is 0 Å². The number of benzene rings is 2. The van der Waals surface area contributed by atoms with Crippen LogP contribution in [0.3, 0.4) is 0 Å². The summed E-state index contributed by atoms with van der Waals surface area (Å²) in [5, 5.41) is 27.6. The van der Waals surface area contributed by atoms with Gasteiger partial charge in [-0.15, -0.1) is 0 Å². The zero-order valence-corrected chi connectivity index (χ0v) is 25.9. The first kappa shape index (κ1) is 35.3. The van der Waals surface area contributed by atoms with E-state index < -0.39 is 40.6 Å². The van der Waals surface area contributed by atoms with Crippen molar-refractivity contribution in [3.05, 3.63) is 77.8 Å². The molecule has 0 radical (unpaired) electrons. The summed E-state index contributed by atoms with van der Waals surface area (Å²) in [6.07, 6.45) is -2.30. The number of carboxylic acids is 1. The molecule has 0 saturated heterocycles. The van der Waals surface area contributed by atoms with E-state index in [0.29, 0.717) is 6.42 Å². The van der Waals surface area contributed by atoms with Crippen molar-refractivity contribution in [2.24, 2.45) is 0 Å². The molecule has 0 bridgehead atoms. The van der Waals surface area contributed by atoms with Crippen molar-refractivity contribution >= 4 is 5.97 Å². The molecule has 1 aromatic heterocycles. The molecule has 49 heavy (non-hydrogen) atoms. The molecule has 3 aromatic rings. The van der Waals surface area contributed by atoms with Crippen molar-refractivity contribution in [2.45, 2.75) is 31.5 Å². The SMILES string of the molecule is CCCOc1ccc(-c2cc(C(CCOCCOCCO)(C(=O)O)n3cc4nc(-c5cccc(F)c5F)nc-4cn3)on2)c(C(F)(F)F)c1. The van der Waals surface area contributed by atoms with Gasteiger partial charge in [0.15, 0.2) is 23.2 Å². The van der Waals surface area contributed by atoms with E-state index in [2.05, 4.69) is 20.2 Å². The minimum atomic E-state index is -4.83. The molecular weight excluding hydrogens is 661 g/mol. The normalized spacial score (nSPS) is 13.1. The predicted molar refractivity (Wildman–Crippen MR) is 161 cm³/mol. The molecule has 260 valence electrons. The molecule has 0 aliphatic carbocycles. The number of rotatable bonds is 16. The van der Waals surface area contributed by atoms with Crippen LogP contribution in [0.2, 0.25) is 0 Å². The van der Waals surface area contributed by atoms with Crippen LogP contribution < -0.4 is 4.74 Å². The molecule has 1 unspecified atom stereocenters. The number of carbonyl (C=O) groups is 1. The Kier molecular flexibility index (Phi) is 10.8. The monoisotopic (exact) mass is 691 g/mol. The number of aliphatic hydroxyl groups is 1. The predicted octanol–water partition coefficient (Wildman–Crippen LogP) is 5.43. The standard InChI is InChI=1S/C32H30F5N5O7/c1-2-10-48-19-6-7-20(22(15-19)32(35,36)37)24-16-27(49-41-24)31(30(44)45,8-11-46-13-14-47-12-9-43)42-18-26-25(17-38-42)39-29(40-26)21-4-3-5-23(33)28(21)34/h3-7,15-18,43H,2,8-14H2,1H3,(H,44,45). The summed E-state index contributed by atoms with van der Waals surface area (Å²) < 4.78 is 93.5. The first-order valence-electron chi connectivity index (χ1n) is 15.0. The van der Waals surface area contributed by atoms with E-state index in [4.69, 9.17) is 23.8 Å². The highest BCUT2D eigenvalue weighted by atomic mass is 19.4. The Bertz CT molecular complexity index is 1860. The van der Waals surface area contributed by atoms with Crippen molar-refractivity contribution in [2.75, 3.05) is 39.6 Å². The minimum Gasteiger partial charge on any atom is -0.494 e. The van der Waals surface area contributed by atoms with Crippen molar-refractivity contribution in [3.8, 4) is 39.8 Å². The van der Waals surface area contributed by atoms with Crippen LogP contribution in [0.15, 0.2) is 59.4 Å². The van der Waals surface area contributed by atoms with E-state index in [0.717, 1.165) is 35.1 Å². The Morgan fingerprint density at radius 2 is 1.69 bits per heavy atom. The maximum atomic E-state index is 14.5. The third-order valence-corrected chi connectivity index (χ3v) is 7.38. The second-order valence-electron chi connectivity index (χ2n) is 10.6. The third-order valence-electron chi connectivity index (χ3n) is 7.38. The summed E-state index contributed by atoms with van der Waals surface area (Å²) >= 11 is 0. The number of aliphatic hydroxyl groups excluding tert-OH is 1. The molecule has 17 heteroatoms. The average Bonchev–Trinajstić information content (AvgIpc) is 3.74. The Morgan fingerprint density at radius 1 is 0.939 bits per heavy atom. The largest absolute Gasteiger partial charge is 0.494 e. The van der Waals surface area contributed by atoms with Gasteiger partial charge in [-0.1, -0.05) is 18.1 Å². The summed E-state index contributed by atoms with van der Waals surface area (Å²) in [6.45, 7) is 1.74. The molecule has 12 nitrogen and oxygen atoms in total. The molecule has 0 saturated carbocycles. The lowest BCUT2D eigenvalue weighted by atomic mass is 9.91. The third kappa shape index (κ3) is 7.53. The maximum Gasteiger partial charge on any atom is 0.417 e.